The number of furan rings is 1. The number of rotatable bonds is 4. The highest BCUT2D eigenvalue weighted by atomic mass is 16.5. The molecule has 1 amide bonds. The van der Waals surface area contributed by atoms with Crippen molar-refractivity contribution < 1.29 is 13.9 Å². The summed E-state index contributed by atoms with van der Waals surface area (Å²) in [6, 6.07) is 2.39. The van der Waals surface area contributed by atoms with E-state index in [1.54, 1.807) is 13.2 Å². The molecule has 0 aliphatic heterocycles. The number of methoxy groups -OCH3 is 1. The molecule has 1 aliphatic rings. The Kier molecular flexibility index (Phi) is 5.40. The van der Waals surface area contributed by atoms with Crippen molar-refractivity contribution >= 4 is 22.4 Å². The predicted octanol–water partition coefficient (Wildman–Crippen LogP) is 5.22. The monoisotopic (exact) mass is 355 g/mol. The van der Waals surface area contributed by atoms with Crippen LogP contribution in [0.2, 0.25) is 0 Å². The molecule has 1 fully saturated rings. The van der Waals surface area contributed by atoms with Crippen LogP contribution in [0.5, 0.6) is 5.75 Å². The quantitative estimate of drug-likeness (QED) is 0.765. The maximum Gasteiger partial charge on any atom is 0.244 e. The molecule has 1 aromatic carbocycles. The van der Waals surface area contributed by atoms with E-state index in [0.717, 1.165) is 57.6 Å². The van der Waals surface area contributed by atoms with Crippen molar-refractivity contribution in [1.29, 1.82) is 0 Å². The minimum Gasteiger partial charge on any atom is -0.496 e. The van der Waals surface area contributed by atoms with Gasteiger partial charge in [-0.2, -0.15) is 0 Å². The molecule has 0 bridgehead atoms. The molecule has 1 N–H and O–H groups in total. The first-order valence-electron chi connectivity index (χ1n) is 9.48. The second-order valence-electron chi connectivity index (χ2n) is 7.41. The first kappa shape index (κ1) is 18.6. The van der Waals surface area contributed by atoms with E-state index < -0.39 is 0 Å². The van der Waals surface area contributed by atoms with E-state index in [9.17, 15) is 4.79 Å². The van der Waals surface area contributed by atoms with Gasteiger partial charge in [0.25, 0.3) is 0 Å². The van der Waals surface area contributed by atoms with E-state index >= 15 is 0 Å². The zero-order valence-electron chi connectivity index (χ0n) is 16.5. The molecule has 1 aromatic heterocycles. The Morgan fingerprint density at radius 2 is 1.88 bits per heavy atom. The summed E-state index contributed by atoms with van der Waals surface area (Å²) in [7, 11) is 1.66. The Bertz CT molecular complexity index is 854. The van der Waals surface area contributed by atoms with E-state index in [-0.39, 0.29) is 5.91 Å². The van der Waals surface area contributed by atoms with Crippen LogP contribution in [0.15, 0.2) is 16.6 Å². The molecule has 3 rings (SSSR count). The summed E-state index contributed by atoms with van der Waals surface area (Å²) < 4.78 is 11.6. The summed E-state index contributed by atoms with van der Waals surface area (Å²) in [5.41, 5.74) is 4.81. The van der Waals surface area contributed by atoms with Crippen molar-refractivity contribution in [2.75, 3.05) is 7.11 Å². The second-order valence-corrected chi connectivity index (χ2v) is 7.41. The third-order valence-corrected chi connectivity index (χ3v) is 5.57. The molecular formula is C22H29NO3. The van der Waals surface area contributed by atoms with E-state index in [4.69, 9.17) is 9.15 Å². The van der Waals surface area contributed by atoms with Gasteiger partial charge in [0, 0.05) is 28.6 Å². The number of fused-ring (bicyclic) bond motifs is 1. The van der Waals surface area contributed by atoms with Crippen LogP contribution in [0.4, 0.5) is 0 Å². The lowest BCUT2D eigenvalue weighted by atomic mass is 9.95. The van der Waals surface area contributed by atoms with Crippen LogP contribution in [0.3, 0.4) is 0 Å². The Morgan fingerprint density at radius 3 is 2.54 bits per heavy atom. The molecule has 4 nitrogen and oxygen atoms in total. The molecule has 0 spiro atoms. The molecule has 1 aliphatic carbocycles. The van der Waals surface area contributed by atoms with Crippen molar-refractivity contribution in [2.24, 2.45) is 0 Å². The van der Waals surface area contributed by atoms with Crippen molar-refractivity contribution in [3.63, 3.8) is 0 Å². The molecule has 4 heteroatoms. The normalized spacial score (nSPS) is 16.1. The van der Waals surface area contributed by atoms with Crippen LogP contribution in [0.1, 0.15) is 61.5 Å². The maximum atomic E-state index is 12.5. The van der Waals surface area contributed by atoms with Gasteiger partial charge >= 0.3 is 0 Å². The Balaban J connectivity index is 1.94. The van der Waals surface area contributed by atoms with E-state index in [1.165, 1.54) is 19.3 Å². The Morgan fingerprint density at radius 1 is 1.19 bits per heavy atom. The van der Waals surface area contributed by atoms with Gasteiger partial charge < -0.3 is 14.5 Å². The maximum absolute atomic E-state index is 12.5. The molecule has 1 saturated carbocycles. The van der Waals surface area contributed by atoms with Crippen LogP contribution < -0.4 is 10.1 Å². The van der Waals surface area contributed by atoms with Gasteiger partial charge in [0.15, 0.2) is 0 Å². The molecule has 1 heterocycles. The fourth-order valence-corrected chi connectivity index (χ4v) is 3.93. The van der Waals surface area contributed by atoms with E-state index in [1.807, 2.05) is 20.8 Å². The van der Waals surface area contributed by atoms with Gasteiger partial charge in [0.1, 0.15) is 17.1 Å². The fraction of sp³-hybridized carbons (Fsp3) is 0.500. The van der Waals surface area contributed by atoms with Gasteiger partial charge in [-0.25, -0.2) is 0 Å². The zero-order chi connectivity index (χ0) is 18.8. The standard InChI is InChI=1S/C22H29NO3/c1-13(11-20(24)23-17-9-7-6-8-10-17)18-12-19-14(2)16(4)26-22(19)15(3)21(18)25-5/h11-12,17H,6-10H2,1-5H3,(H,23,24)/b13-11+. The van der Waals surface area contributed by atoms with Crippen molar-refractivity contribution in [2.45, 2.75) is 65.8 Å². The summed E-state index contributed by atoms with van der Waals surface area (Å²) >= 11 is 0. The third kappa shape index (κ3) is 3.50. The molecule has 0 atom stereocenters. The van der Waals surface area contributed by atoms with Gasteiger partial charge in [0.05, 0.1) is 7.11 Å². The number of nitrogens with one attached hydrogen (secondary N) is 1. The highest BCUT2D eigenvalue weighted by Gasteiger charge is 2.19. The van der Waals surface area contributed by atoms with Crippen molar-refractivity contribution in [1.82, 2.24) is 5.32 Å². The van der Waals surface area contributed by atoms with Gasteiger partial charge in [-0.15, -0.1) is 0 Å². The van der Waals surface area contributed by atoms with Gasteiger partial charge in [-0.1, -0.05) is 19.3 Å². The average molecular weight is 355 g/mol. The number of hydrogen-bond acceptors (Lipinski definition) is 3. The molecule has 0 unspecified atom stereocenters. The van der Waals surface area contributed by atoms with Crippen molar-refractivity contribution in [3.8, 4) is 5.75 Å². The van der Waals surface area contributed by atoms with Gasteiger partial charge in [0.2, 0.25) is 5.91 Å². The molecule has 26 heavy (non-hydrogen) atoms. The highest BCUT2D eigenvalue weighted by Crippen LogP contribution is 2.38. The lowest BCUT2D eigenvalue weighted by Crippen LogP contribution is -2.35. The largest absolute Gasteiger partial charge is 0.496 e. The molecule has 0 radical (unpaired) electrons. The van der Waals surface area contributed by atoms with Crippen LogP contribution in [-0.4, -0.2) is 19.1 Å². The van der Waals surface area contributed by atoms with Crippen molar-refractivity contribution in [3.05, 3.63) is 34.6 Å². The summed E-state index contributed by atoms with van der Waals surface area (Å²) in [4.78, 5) is 12.5. The zero-order valence-corrected chi connectivity index (χ0v) is 16.5. The molecule has 0 saturated heterocycles. The Labute approximate surface area is 155 Å². The number of hydrogen-bond donors (Lipinski definition) is 1. The van der Waals surface area contributed by atoms with Crippen LogP contribution in [0, 0.1) is 20.8 Å². The SMILES string of the molecule is COc1c(/C(C)=C/C(=O)NC2CCCCC2)cc2c(C)c(C)oc2c1C. The number of carbonyl (C=O) groups excluding carboxylic acids is 1. The fourth-order valence-electron chi connectivity index (χ4n) is 3.93. The second kappa shape index (κ2) is 7.56. The van der Waals surface area contributed by atoms with Crippen LogP contribution >= 0.6 is 0 Å². The third-order valence-electron chi connectivity index (χ3n) is 5.57. The number of aryl methyl sites for hydroxylation is 3. The van der Waals surface area contributed by atoms with E-state index in [0.29, 0.717) is 6.04 Å². The number of allylic oxidation sites excluding steroid dienone is 1. The number of benzene rings is 1. The topological polar surface area (TPSA) is 51.5 Å². The Hall–Kier alpha value is -2.23. The minimum absolute atomic E-state index is 0.0192. The first-order chi connectivity index (χ1) is 12.4. The number of ether oxygens (including phenoxy) is 1. The molecule has 2 aromatic rings. The number of amides is 1. The van der Waals surface area contributed by atoms with Crippen LogP contribution in [0.25, 0.3) is 16.5 Å². The summed E-state index contributed by atoms with van der Waals surface area (Å²) in [6.07, 6.45) is 7.55. The predicted molar refractivity (Wildman–Crippen MR) is 106 cm³/mol. The lowest BCUT2D eigenvalue weighted by molar-refractivity contribution is -0.117. The van der Waals surface area contributed by atoms with E-state index in [2.05, 4.69) is 18.3 Å². The smallest absolute Gasteiger partial charge is 0.244 e. The summed E-state index contributed by atoms with van der Waals surface area (Å²) in [6.45, 7) is 8.00. The molecule has 140 valence electrons. The van der Waals surface area contributed by atoms with Gasteiger partial charge in [-0.3, -0.25) is 4.79 Å². The summed E-state index contributed by atoms with van der Waals surface area (Å²) in [5, 5.41) is 4.23. The minimum atomic E-state index is -0.0192. The average Bonchev–Trinajstić information content (AvgIpc) is 2.91. The molecular weight excluding hydrogens is 326 g/mol. The summed E-state index contributed by atoms with van der Waals surface area (Å²) in [5.74, 6) is 1.67. The number of carbonyl (C=O) groups is 1. The lowest BCUT2D eigenvalue weighted by Gasteiger charge is -2.22. The van der Waals surface area contributed by atoms with Crippen LogP contribution in [-0.2, 0) is 4.79 Å². The first-order valence-corrected chi connectivity index (χ1v) is 9.48. The van der Waals surface area contributed by atoms with Gasteiger partial charge in [-0.05, 0) is 57.7 Å². The highest BCUT2D eigenvalue weighted by molar-refractivity contribution is 5.98.